The molecule has 1 aromatic rings. The maximum Gasteiger partial charge on any atom is 0.239 e. The van der Waals surface area contributed by atoms with Crippen LogP contribution < -0.4 is 16.2 Å². The highest BCUT2D eigenvalue weighted by Gasteiger charge is 2.24. The SMILES string of the molecule is CC(NC(=O)C1CCNN1)c1ccc(S(C)(=O)=O)c(F)c1. The van der Waals surface area contributed by atoms with E-state index in [0.29, 0.717) is 18.5 Å². The third-order valence-electron chi connectivity index (χ3n) is 3.36. The minimum atomic E-state index is -3.59. The number of carbonyl (C=O) groups is 1. The quantitative estimate of drug-likeness (QED) is 0.742. The van der Waals surface area contributed by atoms with E-state index in [2.05, 4.69) is 16.2 Å². The lowest BCUT2D eigenvalue weighted by Gasteiger charge is -2.17. The fourth-order valence-corrected chi connectivity index (χ4v) is 2.89. The zero-order chi connectivity index (χ0) is 15.6. The predicted octanol–water partition coefficient (Wildman–Crippen LogP) is 0.273. The summed E-state index contributed by atoms with van der Waals surface area (Å²) < 4.78 is 36.6. The molecular formula is C13H18FN3O3S. The number of hydrogen-bond donors (Lipinski definition) is 3. The summed E-state index contributed by atoms with van der Waals surface area (Å²) in [6.45, 7) is 2.43. The Bertz CT molecular complexity index is 642. The number of nitrogens with one attached hydrogen (secondary N) is 3. The van der Waals surface area contributed by atoms with Crippen molar-refractivity contribution in [2.24, 2.45) is 0 Å². The third-order valence-corrected chi connectivity index (χ3v) is 4.49. The van der Waals surface area contributed by atoms with Gasteiger partial charge in [0.2, 0.25) is 5.91 Å². The Morgan fingerprint density at radius 1 is 1.48 bits per heavy atom. The van der Waals surface area contributed by atoms with Gasteiger partial charge in [-0.1, -0.05) is 6.07 Å². The largest absolute Gasteiger partial charge is 0.348 e. The molecule has 1 aliphatic heterocycles. The lowest BCUT2D eigenvalue weighted by molar-refractivity contribution is -0.123. The van der Waals surface area contributed by atoms with Crippen LogP contribution in [0.5, 0.6) is 0 Å². The third kappa shape index (κ3) is 3.78. The summed E-state index contributed by atoms with van der Waals surface area (Å²) in [5, 5.41) is 2.77. The molecule has 0 aliphatic carbocycles. The summed E-state index contributed by atoms with van der Waals surface area (Å²) in [7, 11) is -3.59. The Balaban J connectivity index is 2.11. The first-order valence-corrected chi connectivity index (χ1v) is 8.46. The van der Waals surface area contributed by atoms with Crippen molar-refractivity contribution in [1.82, 2.24) is 16.2 Å². The van der Waals surface area contributed by atoms with Crippen molar-refractivity contribution in [3.05, 3.63) is 29.6 Å². The van der Waals surface area contributed by atoms with E-state index >= 15 is 0 Å². The molecule has 0 bridgehead atoms. The van der Waals surface area contributed by atoms with Gasteiger partial charge in [0.1, 0.15) is 16.8 Å². The summed E-state index contributed by atoms with van der Waals surface area (Å²) in [5.41, 5.74) is 6.21. The number of amides is 1. The molecule has 1 saturated heterocycles. The lowest BCUT2D eigenvalue weighted by atomic mass is 10.1. The van der Waals surface area contributed by atoms with Gasteiger partial charge in [0.05, 0.1) is 6.04 Å². The van der Waals surface area contributed by atoms with Crippen molar-refractivity contribution in [2.75, 3.05) is 12.8 Å². The van der Waals surface area contributed by atoms with Crippen molar-refractivity contribution < 1.29 is 17.6 Å². The van der Waals surface area contributed by atoms with Crippen molar-refractivity contribution in [2.45, 2.75) is 30.3 Å². The monoisotopic (exact) mass is 315 g/mol. The molecule has 2 rings (SSSR count). The van der Waals surface area contributed by atoms with Crippen LogP contribution in [0, 0.1) is 5.82 Å². The maximum atomic E-state index is 13.8. The van der Waals surface area contributed by atoms with Gasteiger partial charge < -0.3 is 5.32 Å². The Hall–Kier alpha value is -1.51. The van der Waals surface area contributed by atoms with E-state index in [-0.39, 0.29) is 16.8 Å². The fourth-order valence-electron chi connectivity index (χ4n) is 2.17. The number of benzene rings is 1. The molecule has 3 N–H and O–H groups in total. The highest BCUT2D eigenvalue weighted by Crippen LogP contribution is 2.20. The molecule has 1 aliphatic rings. The summed E-state index contributed by atoms with van der Waals surface area (Å²) in [6.07, 6.45) is 1.63. The average Bonchev–Trinajstić information content (AvgIpc) is 2.90. The minimum absolute atomic E-state index is 0.180. The van der Waals surface area contributed by atoms with Crippen LogP contribution >= 0.6 is 0 Å². The first-order valence-electron chi connectivity index (χ1n) is 6.57. The van der Waals surface area contributed by atoms with Crippen molar-refractivity contribution in [3.63, 3.8) is 0 Å². The second kappa shape index (κ2) is 6.08. The summed E-state index contributed by atoms with van der Waals surface area (Å²) >= 11 is 0. The van der Waals surface area contributed by atoms with Crippen LogP contribution in [0.25, 0.3) is 0 Å². The second-order valence-corrected chi connectivity index (χ2v) is 7.09. The molecule has 2 atom stereocenters. The van der Waals surface area contributed by atoms with E-state index in [1.807, 2.05) is 0 Å². The van der Waals surface area contributed by atoms with Gasteiger partial charge in [-0.2, -0.15) is 0 Å². The molecule has 0 radical (unpaired) electrons. The van der Waals surface area contributed by atoms with E-state index in [9.17, 15) is 17.6 Å². The van der Waals surface area contributed by atoms with Gasteiger partial charge in [-0.25, -0.2) is 18.2 Å². The van der Waals surface area contributed by atoms with Gasteiger partial charge in [-0.15, -0.1) is 0 Å². The Labute approximate surface area is 123 Å². The molecule has 21 heavy (non-hydrogen) atoms. The fraction of sp³-hybridized carbons (Fsp3) is 0.462. The molecular weight excluding hydrogens is 297 g/mol. The zero-order valence-electron chi connectivity index (χ0n) is 11.8. The van der Waals surface area contributed by atoms with Crippen LogP contribution in [-0.4, -0.2) is 33.2 Å². The van der Waals surface area contributed by atoms with E-state index in [1.165, 1.54) is 12.1 Å². The molecule has 1 heterocycles. The van der Waals surface area contributed by atoms with Crippen LogP contribution in [0.1, 0.15) is 24.9 Å². The van der Waals surface area contributed by atoms with E-state index in [4.69, 9.17) is 0 Å². The molecule has 0 spiro atoms. The minimum Gasteiger partial charge on any atom is -0.348 e. The van der Waals surface area contributed by atoms with Crippen LogP contribution in [0.2, 0.25) is 0 Å². The predicted molar refractivity (Wildman–Crippen MR) is 75.6 cm³/mol. The van der Waals surface area contributed by atoms with E-state index in [0.717, 1.165) is 12.3 Å². The Morgan fingerprint density at radius 3 is 2.71 bits per heavy atom. The second-order valence-electron chi connectivity index (χ2n) is 5.10. The molecule has 1 amide bonds. The van der Waals surface area contributed by atoms with Crippen LogP contribution in [0.15, 0.2) is 23.1 Å². The van der Waals surface area contributed by atoms with Crippen molar-refractivity contribution in [3.8, 4) is 0 Å². The van der Waals surface area contributed by atoms with Gasteiger partial charge in [-0.05, 0) is 31.0 Å². The topological polar surface area (TPSA) is 87.3 Å². The van der Waals surface area contributed by atoms with Gasteiger partial charge in [0.15, 0.2) is 9.84 Å². The number of rotatable bonds is 4. The zero-order valence-corrected chi connectivity index (χ0v) is 12.6. The van der Waals surface area contributed by atoms with E-state index in [1.54, 1.807) is 6.92 Å². The summed E-state index contributed by atoms with van der Waals surface area (Å²) in [6, 6.07) is 3.14. The van der Waals surface area contributed by atoms with Gasteiger partial charge >= 0.3 is 0 Å². The van der Waals surface area contributed by atoms with Crippen LogP contribution in [-0.2, 0) is 14.6 Å². The highest BCUT2D eigenvalue weighted by atomic mass is 32.2. The van der Waals surface area contributed by atoms with E-state index < -0.39 is 21.7 Å². The molecule has 6 nitrogen and oxygen atoms in total. The number of sulfone groups is 1. The standard InChI is InChI=1S/C13H18FN3O3S/c1-8(16-13(18)11-5-6-15-17-11)9-3-4-12(10(14)7-9)21(2,19)20/h3-4,7-8,11,15,17H,5-6H2,1-2H3,(H,16,18). The Morgan fingerprint density at radius 2 is 2.19 bits per heavy atom. The Kier molecular flexibility index (Phi) is 4.60. The van der Waals surface area contributed by atoms with Crippen molar-refractivity contribution >= 4 is 15.7 Å². The summed E-state index contributed by atoms with van der Waals surface area (Å²) in [5.74, 6) is -0.989. The van der Waals surface area contributed by atoms with Crippen LogP contribution in [0.4, 0.5) is 4.39 Å². The maximum absolute atomic E-state index is 13.8. The first kappa shape index (κ1) is 15.9. The number of carbonyl (C=O) groups excluding carboxylic acids is 1. The lowest BCUT2D eigenvalue weighted by Crippen LogP contribution is -2.43. The molecule has 2 unspecified atom stereocenters. The van der Waals surface area contributed by atoms with Crippen LogP contribution in [0.3, 0.4) is 0 Å². The number of hydrogen-bond acceptors (Lipinski definition) is 5. The molecule has 1 aromatic carbocycles. The molecule has 0 saturated carbocycles. The normalized spacial score (nSPS) is 20.2. The molecule has 116 valence electrons. The first-order chi connectivity index (χ1) is 9.79. The van der Waals surface area contributed by atoms with Gasteiger partial charge in [0.25, 0.3) is 0 Å². The smallest absolute Gasteiger partial charge is 0.239 e. The number of hydrazine groups is 1. The van der Waals surface area contributed by atoms with Gasteiger partial charge in [-0.3, -0.25) is 10.2 Å². The average molecular weight is 315 g/mol. The molecule has 0 aromatic heterocycles. The highest BCUT2D eigenvalue weighted by molar-refractivity contribution is 7.90. The molecule has 8 heteroatoms. The summed E-state index contributed by atoms with van der Waals surface area (Å²) in [4.78, 5) is 11.6. The van der Waals surface area contributed by atoms with Crippen molar-refractivity contribution in [1.29, 1.82) is 0 Å². The molecule has 1 fully saturated rings. The number of halogens is 1. The van der Waals surface area contributed by atoms with Gasteiger partial charge in [0, 0.05) is 12.8 Å².